The second-order valence-electron chi connectivity index (χ2n) is 5.26. The number of hydrogen-bond acceptors (Lipinski definition) is 3. The van der Waals surface area contributed by atoms with Gasteiger partial charge in [0.15, 0.2) is 0 Å². The van der Waals surface area contributed by atoms with E-state index < -0.39 is 0 Å². The van der Waals surface area contributed by atoms with Crippen molar-refractivity contribution in [3.05, 3.63) is 46.2 Å². The molecule has 104 valence electrons. The van der Waals surface area contributed by atoms with Crippen molar-refractivity contribution < 1.29 is 4.79 Å². The van der Waals surface area contributed by atoms with E-state index in [4.69, 9.17) is 11.6 Å². The molecule has 1 aliphatic rings. The number of halogens is 1. The Morgan fingerprint density at radius 2 is 2.25 bits per heavy atom. The Balaban J connectivity index is 2.03. The third-order valence-electron chi connectivity index (χ3n) is 3.54. The zero-order chi connectivity index (χ0) is 14.3. The Morgan fingerprint density at radius 3 is 3.00 bits per heavy atom. The van der Waals surface area contributed by atoms with E-state index in [0.717, 1.165) is 18.7 Å². The number of carbonyl (C=O) groups is 1. The predicted octanol–water partition coefficient (Wildman–Crippen LogP) is 3.32. The van der Waals surface area contributed by atoms with Crippen molar-refractivity contribution in [2.24, 2.45) is 0 Å². The van der Waals surface area contributed by atoms with E-state index in [1.165, 1.54) is 11.8 Å². The van der Waals surface area contributed by atoms with Gasteiger partial charge < -0.3 is 5.32 Å². The normalized spacial score (nSPS) is 13.4. The summed E-state index contributed by atoms with van der Waals surface area (Å²) in [6.45, 7) is 4.88. The second-order valence-corrected chi connectivity index (χ2v) is 5.66. The lowest BCUT2D eigenvalue weighted by molar-refractivity contribution is 0.102. The number of fused-ring (bicyclic) bond motifs is 1. The molecule has 0 bridgehead atoms. The van der Waals surface area contributed by atoms with Gasteiger partial charge in [-0.05, 0) is 31.9 Å². The van der Waals surface area contributed by atoms with Crippen molar-refractivity contribution >= 4 is 23.1 Å². The van der Waals surface area contributed by atoms with Crippen molar-refractivity contribution in [1.29, 1.82) is 0 Å². The molecule has 1 aromatic heterocycles. The van der Waals surface area contributed by atoms with Crippen molar-refractivity contribution in [1.82, 2.24) is 9.78 Å². The van der Waals surface area contributed by atoms with Gasteiger partial charge in [0.25, 0.3) is 0 Å². The van der Waals surface area contributed by atoms with Crippen LogP contribution in [0.4, 0.5) is 5.69 Å². The summed E-state index contributed by atoms with van der Waals surface area (Å²) in [5.41, 5.74) is 3.40. The molecular weight excluding hydrogens is 274 g/mol. The van der Waals surface area contributed by atoms with Crippen LogP contribution < -0.4 is 5.32 Å². The molecule has 1 N–H and O–H groups in total. The van der Waals surface area contributed by atoms with Gasteiger partial charge in [-0.3, -0.25) is 9.48 Å². The number of anilines is 1. The highest BCUT2D eigenvalue weighted by Crippen LogP contribution is 2.27. The number of nitrogens with one attached hydrogen (secondary N) is 1. The van der Waals surface area contributed by atoms with Gasteiger partial charge in [0.05, 0.1) is 11.2 Å². The van der Waals surface area contributed by atoms with E-state index in [0.29, 0.717) is 16.3 Å². The van der Waals surface area contributed by atoms with Crippen LogP contribution in [0.3, 0.4) is 0 Å². The lowest BCUT2D eigenvalue weighted by atomic mass is 10.0. The van der Waals surface area contributed by atoms with Crippen LogP contribution in [0.25, 0.3) is 0 Å². The molecule has 0 fully saturated rings. The maximum absolute atomic E-state index is 12.7. The van der Waals surface area contributed by atoms with E-state index in [1.807, 2.05) is 32.0 Å². The molecule has 5 heteroatoms. The molecule has 0 atom stereocenters. The van der Waals surface area contributed by atoms with Gasteiger partial charge >= 0.3 is 0 Å². The van der Waals surface area contributed by atoms with Crippen LogP contribution >= 0.6 is 11.6 Å². The number of nitrogens with zero attached hydrogens (tertiary/aromatic N) is 2. The highest BCUT2D eigenvalue weighted by molar-refractivity contribution is 6.34. The Morgan fingerprint density at radius 1 is 1.45 bits per heavy atom. The number of ketones is 1. The highest BCUT2D eigenvalue weighted by Gasteiger charge is 2.22. The van der Waals surface area contributed by atoms with Gasteiger partial charge in [0, 0.05) is 23.8 Å². The SMILES string of the molecule is CC(C)n1ncc(Cl)c1C(=O)c1ccc2c(c1)NCC2. The first kappa shape index (κ1) is 13.2. The first-order valence-corrected chi connectivity index (χ1v) is 7.10. The summed E-state index contributed by atoms with van der Waals surface area (Å²) in [6.07, 6.45) is 2.54. The monoisotopic (exact) mass is 289 g/mol. The summed E-state index contributed by atoms with van der Waals surface area (Å²) >= 11 is 6.13. The molecule has 4 nitrogen and oxygen atoms in total. The first-order valence-electron chi connectivity index (χ1n) is 6.72. The summed E-state index contributed by atoms with van der Waals surface area (Å²) in [7, 11) is 0. The maximum Gasteiger partial charge on any atom is 0.212 e. The molecule has 0 radical (unpaired) electrons. The maximum atomic E-state index is 12.7. The lowest BCUT2D eigenvalue weighted by Crippen LogP contribution is -2.14. The average molecular weight is 290 g/mol. The predicted molar refractivity (Wildman–Crippen MR) is 79.7 cm³/mol. The fourth-order valence-electron chi connectivity index (χ4n) is 2.51. The van der Waals surface area contributed by atoms with Gasteiger partial charge in [-0.25, -0.2) is 0 Å². The molecule has 1 aromatic carbocycles. The Hall–Kier alpha value is -1.81. The Kier molecular flexibility index (Phi) is 3.26. The fraction of sp³-hybridized carbons (Fsp3) is 0.333. The first-order chi connectivity index (χ1) is 9.58. The third kappa shape index (κ3) is 2.10. The van der Waals surface area contributed by atoms with Crippen LogP contribution in [0.15, 0.2) is 24.4 Å². The quantitative estimate of drug-likeness (QED) is 0.882. The van der Waals surface area contributed by atoms with Gasteiger partial charge in [-0.1, -0.05) is 23.7 Å². The third-order valence-corrected chi connectivity index (χ3v) is 3.81. The smallest absolute Gasteiger partial charge is 0.212 e. The lowest BCUT2D eigenvalue weighted by Gasteiger charge is -2.11. The van der Waals surface area contributed by atoms with Crippen molar-refractivity contribution in [2.45, 2.75) is 26.3 Å². The summed E-state index contributed by atoms with van der Waals surface area (Å²) in [5, 5.41) is 7.87. The van der Waals surface area contributed by atoms with Crippen LogP contribution in [0.2, 0.25) is 5.02 Å². The molecule has 1 aliphatic heterocycles. The van der Waals surface area contributed by atoms with Gasteiger partial charge in [0.2, 0.25) is 5.78 Å². The molecule has 0 saturated heterocycles. The standard InChI is InChI=1S/C15H16ClN3O/c1-9(2)19-14(12(16)8-18-19)15(20)11-4-3-10-5-6-17-13(10)7-11/h3-4,7-9,17H,5-6H2,1-2H3. The molecular formula is C15H16ClN3O. The van der Waals surface area contributed by atoms with Crippen LogP contribution in [-0.2, 0) is 6.42 Å². The zero-order valence-electron chi connectivity index (χ0n) is 11.5. The number of aromatic nitrogens is 2. The Bertz CT molecular complexity index is 676. The van der Waals surface area contributed by atoms with E-state index in [2.05, 4.69) is 10.4 Å². The van der Waals surface area contributed by atoms with Crippen molar-refractivity contribution in [2.75, 3.05) is 11.9 Å². The Labute approximate surface area is 122 Å². The van der Waals surface area contributed by atoms with E-state index in [-0.39, 0.29) is 11.8 Å². The second kappa shape index (κ2) is 4.94. The molecule has 0 unspecified atom stereocenters. The summed E-state index contributed by atoms with van der Waals surface area (Å²) in [5.74, 6) is -0.0855. The molecule has 0 amide bonds. The average Bonchev–Trinajstić information content (AvgIpc) is 3.03. The molecule has 0 spiro atoms. The summed E-state index contributed by atoms with van der Waals surface area (Å²) in [4.78, 5) is 12.7. The number of benzene rings is 1. The molecule has 0 aliphatic carbocycles. The van der Waals surface area contributed by atoms with Crippen LogP contribution in [0.5, 0.6) is 0 Å². The summed E-state index contributed by atoms with van der Waals surface area (Å²) < 4.78 is 1.67. The zero-order valence-corrected chi connectivity index (χ0v) is 12.2. The van der Waals surface area contributed by atoms with Crippen LogP contribution in [-0.4, -0.2) is 22.1 Å². The fourth-order valence-corrected chi connectivity index (χ4v) is 2.73. The number of carbonyl (C=O) groups excluding carboxylic acids is 1. The van der Waals surface area contributed by atoms with Gasteiger partial charge in [-0.15, -0.1) is 0 Å². The molecule has 0 saturated carbocycles. The topological polar surface area (TPSA) is 46.9 Å². The number of rotatable bonds is 3. The summed E-state index contributed by atoms with van der Waals surface area (Å²) in [6, 6.07) is 5.86. The van der Waals surface area contributed by atoms with Crippen molar-refractivity contribution in [3.63, 3.8) is 0 Å². The minimum Gasteiger partial charge on any atom is -0.384 e. The van der Waals surface area contributed by atoms with E-state index in [1.54, 1.807) is 4.68 Å². The molecule has 2 aromatic rings. The number of hydrogen-bond donors (Lipinski definition) is 1. The molecule has 3 rings (SSSR count). The van der Waals surface area contributed by atoms with Crippen LogP contribution in [0, 0.1) is 0 Å². The minimum atomic E-state index is -0.0855. The molecule has 2 heterocycles. The van der Waals surface area contributed by atoms with Gasteiger partial charge in [-0.2, -0.15) is 5.10 Å². The van der Waals surface area contributed by atoms with Crippen molar-refractivity contribution in [3.8, 4) is 0 Å². The van der Waals surface area contributed by atoms with E-state index in [9.17, 15) is 4.79 Å². The largest absolute Gasteiger partial charge is 0.384 e. The molecule has 20 heavy (non-hydrogen) atoms. The van der Waals surface area contributed by atoms with Gasteiger partial charge in [0.1, 0.15) is 5.69 Å². The minimum absolute atomic E-state index is 0.0855. The van der Waals surface area contributed by atoms with E-state index >= 15 is 0 Å². The van der Waals surface area contributed by atoms with Crippen LogP contribution in [0.1, 0.15) is 41.5 Å². The highest BCUT2D eigenvalue weighted by atomic mass is 35.5.